The van der Waals surface area contributed by atoms with Crippen molar-refractivity contribution in [1.29, 1.82) is 0 Å². The van der Waals surface area contributed by atoms with Crippen molar-refractivity contribution in [2.24, 2.45) is 5.73 Å². The number of aromatic nitrogens is 3. The SMILES string of the molecule is Cc1nnsc1C(N)Cc1ccncc1. The zero-order valence-electron chi connectivity index (χ0n) is 8.42. The summed E-state index contributed by atoms with van der Waals surface area (Å²) in [7, 11) is 0. The van der Waals surface area contributed by atoms with Crippen molar-refractivity contribution in [3.8, 4) is 0 Å². The lowest BCUT2D eigenvalue weighted by Gasteiger charge is -2.08. The van der Waals surface area contributed by atoms with Gasteiger partial charge in [0.2, 0.25) is 0 Å². The van der Waals surface area contributed by atoms with Gasteiger partial charge >= 0.3 is 0 Å². The monoisotopic (exact) mass is 220 g/mol. The molecule has 0 aliphatic carbocycles. The molecule has 2 aromatic heterocycles. The first-order valence-electron chi connectivity index (χ1n) is 4.70. The predicted octanol–water partition coefficient (Wildman–Crippen LogP) is 1.48. The van der Waals surface area contributed by atoms with E-state index in [-0.39, 0.29) is 6.04 Å². The van der Waals surface area contributed by atoms with E-state index in [9.17, 15) is 0 Å². The fourth-order valence-corrected chi connectivity index (χ4v) is 2.09. The summed E-state index contributed by atoms with van der Waals surface area (Å²) in [5.74, 6) is 0. The molecule has 0 fully saturated rings. The lowest BCUT2D eigenvalue weighted by atomic mass is 10.1. The Balaban J connectivity index is 2.11. The van der Waals surface area contributed by atoms with Crippen LogP contribution in [-0.2, 0) is 6.42 Å². The lowest BCUT2D eigenvalue weighted by Crippen LogP contribution is -2.13. The van der Waals surface area contributed by atoms with Crippen LogP contribution in [0.2, 0.25) is 0 Å². The standard InChI is InChI=1S/C10H12N4S/c1-7-10(15-14-13-7)9(11)6-8-2-4-12-5-3-8/h2-5,9H,6,11H2,1H3. The number of nitrogens with two attached hydrogens (primary N) is 1. The summed E-state index contributed by atoms with van der Waals surface area (Å²) in [4.78, 5) is 5.03. The normalized spacial score (nSPS) is 12.7. The molecule has 0 aliphatic heterocycles. The van der Waals surface area contributed by atoms with Gasteiger partial charge in [-0.05, 0) is 42.6 Å². The molecular weight excluding hydrogens is 208 g/mol. The van der Waals surface area contributed by atoms with E-state index in [2.05, 4.69) is 14.6 Å². The van der Waals surface area contributed by atoms with Gasteiger partial charge in [-0.3, -0.25) is 4.98 Å². The summed E-state index contributed by atoms with van der Waals surface area (Å²) in [6.45, 7) is 1.94. The van der Waals surface area contributed by atoms with Crippen LogP contribution in [0.1, 0.15) is 22.2 Å². The van der Waals surface area contributed by atoms with Gasteiger partial charge < -0.3 is 5.73 Å². The summed E-state index contributed by atoms with van der Waals surface area (Å²) in [5, 5.41) is 3.96. The van der Waals surface area contributed by atoms with E-state index in [1.807, 2.05) is 19.1 Å². The quantitative estimate of drug-likeness (QED) is 0.851. The lowest BCUT2D eigenvalue weighted by molar-refractivity contribution is 0.727. The molecule has 0 aromatic carbocycles. The Kier molecular flexibility index (Phi) is 3.03. The summed E-state index contributed by atoms with van der Waals surface area (Å²) in [6.07, 6.45) is 4.35. The van der Waals surface area contributed by atoms with Crippen molar-refractivity contribution in [1.82, 2.24) is 14.6 Å². The predicted molar refractivity (Wildman–Crippen MR) is 59.5 cm³/mol. The van der Waals surface area contributed by atoms with Gasteiger partial charge in [-0.1, -0.05) is 4.49 Å². The minimum atomic E-state index is -0.0209. The minimum Gasteiger partial charge on any atom is -0.323 e. The van der Waals surface area contributed by atoms with Gasteiger partial charge in [0.15, 0.2) is 0 Å². The Hall–Kier alpha value is -1.33. The molecule has 1 atom stereocenters. The van der Waals surface area contributed by atoms with Crippen molar-refractivity contribution in [2.75, 3.05) is 0 Å². The maximum absolute atomic E-state index is 6.08. The van der Waals surface area contributed by atoms with Crippen LogP contribution in [0, 0.1) is 6.92 Å². The molecule has 2 rings (SSSR count). The average Bonchev–Trinajstić information content (AvgIpc) is 2.66. The summed E-state index contributed by atoms with van der Waals surface area (Å²) < 4.78 is 3.88. The van der Waals surface area contributed by atoms with Crippen LogP contribution < -0.4 is 5.73 Å². The molecule has 0 amide bonds. The van der Waals surface area contributed by atoms with Crippen LogP contribution in [0.5, 0.6) is 0 Å². The number of hydrogen-bond donors (Lipinski definition) is 1. The van der Waals surface area contributed by atoms with Crippen LogP contribution in [0.3, 0.4) is 0 Å². The Morgan fingerprint density at radius 1 is 1.40 bits per heavy atom. The van der Waals surface area contributed by atoms with Crippen molar-refractivity contribution in [3.05, 3.63) is 40.7 Å². The van der Waals surface area contributed by atoms with E-state index in [0.717, 1.165) is 17.0 Å². The van der Waals surface area contributed by atoms with Gasteiger partial charge in [-0.15, -0.1) is 5.10 Å². The van der Waals surface area contributed by atoms with Crippen LogP contribution in [0.15, 0.2) is 24.5 Å². The minimum absolute atomic E-state index is 0.0209. The molecule has 0 saturated heterocycles. The smallest absolute Gasteiger partial charge is 0.0772 e. The van der Waals surface area contributed by atoms with Crippen molar-refractivity contribution < 1.29 is 0 Å². The molecule has 0 radical (unpaired) electrons. The number of hydrogen-bond acceptors (Lipinski definition) is 5. The van der Waals surface area contributed by atoms with E-state index in [4.69, 9.17) is 5.73 Å². The van der Waals surface area contributed by atoms with Crippen molar-refractivity contribution >= 4 is 11.5 Å². The summed E-state index contributed by atoms with van der Waals surface area (Å²) >= 11 is 1.38. The topological polar surface area (TPSA) is 64.7 Å². The van der Waals surface area contributed by atoms with Crippen LogP contribution in [0.4, 0.5) is 0 Å². The highest BCUT2D eigenvalue weighted by atomic mass is 32.1. The third kappa shape index (κ3) is 2.37. The maximum atomic E-state index is 6.08. The largest absolute Gasteiger partial charge is 0.323 e. The maximum Gasteiger partial charge on any atom is 0.0772 e. The molecule has 15 heavy (non-hydrogen) atoms. The first kappa shape index (κ1) is 10.2. The third-order valence-corrected chi connectivity index (χ3v) is 3.19. The number of aryl methyl sites for hydroxylation is 1. The first-order chi connectivity index (χ1) is 7.27. The van der Waals surface area contributed by atoms with Crippen LogP contribution in [0.25, 0.3) is 0 Å². The molecule has 2 heterocycles. The second-order valence-corrected chi connectivity index (χ2v) is 4.17. The van der Waals surface area contributed by atoms with Gasteiger partial charge in [0, 0.05) is 18.4 Å². The molecule has 0 aliphatic rings. The van der Waals surface area contributed by atoms with Crippen molar-refractivity contribution in [3.63, 3.8) is 0 Å². The molecular formula is C10H12N4S. The zero-order chi connectivity index (χ0) is 10.7. The molecule has 2 N–H and O–H groups in total. The van der Waals surface area contributed by atoms with Crippen LogP contribution in [-0.4, -0.2) is 14.6 Å². The van der Waals surface area contributed by atoms with E-state index in [1.165, 1.54) is 17.1 Å². The van der Waals surface area contributed by atoms with Gasteiger partial charge in [0.25, 0.3) is 0 Å². The fourth-order valence-electron chi connectivity index (χ4n) is 1.44. The van der Waals surface area contributed by atoms with Gasteiger partial charge in [0.1, 0.15) is 0 Å². The highest BCUT2D eigenvalue weighted by Gasteiger charge is 2.13. The second-order valence-electron chi connectivity index (χ2n) is 3.39. The molecule has 4 nitrogen and oxygen atoms in total. The van der Waals surface area contributed by atoms with Gasteiger partial charge in [-0.2, -0.15) is 0 Å². The summed E-state index contributed by atoms with van der Waals surface area (Å²) in [5.41, 5.74) is 8.20. The Morgan fingerprint density at radius 3 is 2.73 bits per heavy atom. The Morgan fingerprint density at radius 2 is 2.13 bits per heavy atom. The van der Waals surface area contributed by atoms with E-state index < -0.39 is 0 Å². The molecule has 5 heteroatoms. The van der Waals surface area contributed by atoms with E-state index in [1.54, 1.807) is 12.4 Å². The Bertz CT molecular complexity index is 426. The fraction of sp³-hybridized carbons (Fsp3) is 0.300. The van der Waals surface area contributed by atoms with Crippen molar-refractivity contribution in [2.45, 2.75) is 19.4 Å². The zero-order valence-corrected chi connectivity index (χ0v) is 9.24. The second kappa shape index (κ2) is 4.46. The van der Waals surface area contributed by atoms with E-state index >= 15 is 0 Å². The molecule has 1 unspecified atom stereocenters. The average molecular weight is 220 g/mol. The molecule has 0 saturated carbocycles. The molecule has 0 spiro atoms. The van der Waals surface area contributed by atoms with Crippen LogP contribution >= 0.6 is 11.5 Å². The Labute approximate surface area is 92.3 Å². The number of pyridine rings is 1. The number of nitrogens with zero attached hydrogens (tertiary/aromatic N) is 3. The molecule has 0 bridgehead atoms. The van der Waals surface area contributed by atoms with Gasteiger partial charge in [-0.25, -0.2) is 0 Å². The summed E-state index contributed by atoms with van der Waals surface area (Å²) in [6, 6.07) is 3.93. The number of rotatable bonds is 3. The molecule has 2 aromatic rings. The first-order valence-corrected chi connectivity index (χ1v) is 5.48. The highest BCUT2D eigenvalue weighted by molar-refractivity contribution is 7.05. The van der Waals surface area contributed by atoms with Gasteiger partial charge in [0.05, 0.1) is 10.6 Å². The molecule has 78 valence electrons. The van der Waals surface area contributed by atoms with E-state index in [0.29, 0.717) is 0 Å². The highest BCUT2D eigenvalue weighted by Crippen LogP contribution is 2.20. The third-order valence-electron chi connectivity index (χ3n) is 2.23.